The summed E-state index contributed by atoms with van der Waals surface area (Å²) in [5.74, 6) is 6.45. The van der Waals surface area contributed by atoms with Crippen LogP contribution in [0.3, 0.4) is 0 Å². The molecule has 8 heteroatoms. The van der Waals surface area contributed by atoms with Crippen molar-refractivity contribution < 1.29 is 9.53 Å². The minimum absolute atomic E-state index is 0.256. The highest BCUT2D eigenvalue weighted by Crippen LogP contribution is 2.29. The molecule has 0 atom stereocenters. The summed E-state index contributed by atoms with van der Waals surface area (Å²) in [5, 5.41) is 8.42. The molecule has 0 aliphatic carbocycles. The Morgan fingerprint density at radius 3 is 2.72 bits per heavy atom. The summed E-state index contributed by atoms with van der Waals surface area (Å²) in [5.41, 5.74) is 5.46. The predicted octanol–water partition coefficient (Wildman–Crippen LogP) is 4.93. The van der Waals surface area contributed by atoms with E-state index in [9.17, 15) is 4.79 Å². The summed E-state index contributed by atoms with van der Waals surface area (Å²) in [6.45, 7) is 5.02. The molecule has 0 unspecified atom stereocenters. The Hall–Kier alpha value is -4.74. The van der Waals surface area contributed by atoms with Crippen LogP contribution in [-0.2, 0) is 11.3 Å². The molecule has 0 aliphatic heterocycles. The first-order valence-corrected chi connectivity index (χ1v) is 13.0. The number of hydrogen-bond acceptors (Lipinski definition) is 6. The van der Waals surface area contributed by atoms with E-state index in [4.69, 9.17) is 4.74 Å². The number of carbonyl (C=O) groups excluding carboxylic acids is 1. The molecule has 1 amide bonds. The highest BCUT2D eigenvalue weighted by Gasteiger charge is 2.12. The van der Waals surface area contributed by atoms with E-state index in [2.05, 4.69) is 50.1 Å². The Bertz CT molecular complexity index is 1620. The number of carbonyl (C=O) groups is 1. The van der Waals surface area contributed by atoms with Gasteiger partial charge in [-0.05, 0) is 36.2 Å². The number of pyridine rings is 1. The zero-order valence-corrected chi connectivity index (χ0v) is 21.9. The summed E-state index contributed by atoms with van der Waals surface area (Å²) >= 11 is 0. The number of aromatic nitrogens is 4. The van der Waals surface area contributed by atoms with E-state index in [-0.39, 0.29) is 6.61 Å². The van der Waals surface area contributed by atoms with E-state index in [0.29, 0.717) is 19.6 Å². The second-order valence-corrected chi connectivity index (χ2v) is 9.11. The molecule has 0 bridgehead atoms. The number of para-hydroxylation sites is 1. The van der Waals surface area contributed by atoms with Gasteiger partial charge in [0, 0.05) is 42.6 Å². The lowest BCUT2D eigenvalue weighted by atomic mass is 10.0. The van der Waals surface area contributed by atoms with Crippen LogP contribution < -0.4 is 5.32 Å². The lowest BCUT2D eigenvalue weighted by Gasteiger charge is -2.18. The zero-order chi connectivity index (χ0) is 26.9. The van der Waals surface area contributed by atoms with E-state index >= 15 is 0 Å². The first kappa shape index (κ1) is 25.9. The SMILES string of the molecule is CCCN(CC#Cc1cnc2c(-c3ccnc4ccccc34)cnn2c1)CCNC(=O)OCc1ccccc1. The van der Waals surface area contributed by atoms with Gasteiger partial charge in [-0.2, -0.15) is 5.10 Å². The zero-order valence-electron chi connectivity index (χ0n) is 21.9. The Balaban J connectivity index is 1.18. The van der Waals surface area contributed by atoms with Crippen molar-refractivity contribution >= 4 is 22.6 Å². The van der Waals surface area contributed by atoms with Crippen LogP contribution in [0.1, 0.15) is 24.5 Å². The Kier molecular flexibility index (Phi) is 8.41. The molecule has 5 rings (SSSR count). The van der Waals surface area contributed by atoms with Gasteiger partial charge < -0.3 is 10.1 Å². The van der Waals surface area contributed by atoms with E-state index in [1.54, 1.807) is 10.7 Å². The average Bonchev–Trinajstić information content (AvgIpc) is 3.39. The van der Waals surface area contributed by atoms with Crippen molar-refractivity contribution in [2.24, 2.45) is 0 Å². The van der Waals surface area contributed by atoms with Crippen molar-refractivity contribution in [3.05, 3.63) is 96.6 Å². The van der Waals surface area contributed by atoms with Crippen LogP contribution in [0.5, 0.6) is 0 Å². The Morgan fingerprint density at radius 2 is 1.85 bits per heavy atom. The fourth-order valence-electron chi connectivity index (χ4n) is 4.39. The smallest absolute Gasteiger partial charge is 0.407 e. The van der Waals surface area contributed by atoms with Crippen LogP contribution in [0.2, 0.25) is 0 Å². The van der Waals surface area contributed by atoms with Gasteiger partial charge in [-0.1, -0.05) is 67.3 Å². The third-order valence-electron chi connectivity index (χ3n) is 6.28. The molecule has 5 aromatic rings. The average molecular weight is 519 g/mol. The molecule has 196 valence electrons. The number of alkyl carbamates (subject to hydrolysis) is 1. The fraction of sp³-hybridized carbons (Fsp3) is 0.226. The van der Waals surface area contributed by atoms with E-state index < -0.39 is 6.09 Å². The largest absolute Gasteiger partial charge is 0.445 e. The van der Waals surface area contributed by atoms with Gasteiger partial charge in [0.1, 0.15) is 6.61 Å². The van der Waals surface area contributed by atoms with Crippen molar-refractivity contribution in [1.29, 1.82) is 0 Å². The van der Waals surface area contributed by atoms with Crippen LogP contribution in [-0.4, -0.2) is 56.8 Å². The third kappa shape index (κ3) is 6.58. The van der Waals surface area contributed by atoms with Gasteiger partial charge in [-0.3, -0.25) is 9.88 Å². The second-order valence-electron chi connectivity index (χ2n) is 9.11. The Morgan fingerprint density at radius 1 is 1.00 bits per heavy atom. The van der Waals surface area contributed by atoms with E-state index in [1.807, 2.05) is 73.2 Å². The van der Waals surface area contributed by atoms with Crippen LogP contribution in [0.4, 0.5) is 4.79 Å². The van der Waals surface area contributed by atoms with E-state index in [0.717, 1.165) is 51.8 Å². The lowest BCUT2D eigenvalue weighted by Crippen LogP contribution is -2.35. The minimum atomic E-state index is -0.417. The van der Waals surface area contributed by atoms with Gasteiger partial charge in [-0.25, -0.2) is 14.3 Å². The molecule has 0 saturated heterocycles. The molecule has 0 aliphatic rings. The van der Waals surface area contributed by atoms with Crippen molar-refractivity contribution in [3.8, 4) is 23.0 Å². The van der Waals surface area contributed by atoms with Crippen LogP contribution in [0, 0.1) is 11.8 Å². The first-order chi connectivity index (χ1) is 19.2. The maximum absolute atomic E-state index is 12.0. The molecular weight excluding hydrogens is 488 g/mol. The third-order valence-corrected chi connectivity index (χ3v) is 6.28. The van der Waals surface area contributed by atoms with E-state index in [1.165, 1.54) is 0 Å². The molecule has 0 radical (unpaired) electrons. The van der Waals surface area contributed by atoms with Gasteiger partial charge in [0.2, 0.25) is 0 Å². The molecule has 1 N–H and O–H groups in total. The quantitative estimate of drug-likeness (QED) is 0.279. The maximum atomic E-state index is 12.0. The lowest BCUT2D eigenvalue weighted by molar-refractivity contribution is 0.138. The molecule has 8 nitrogen and oxygen atoms in total. The summed E-state index contributed by atoms with van der Waals surface area (Å²) in [6, 6.07) is 19.7. The fourth-order valence-corrected chi connectivity index (χ4v) is 4.39. The van der Waals surface area contributed by atoms with Crippen molar-refractivity contribution in [2.45, 2.75) is 20.0 Å². The number of nitrogens with zero attached hydrogens (tertiary/aromatic N) is 5. The molecule has 0 saturated carbocycles. The molecule has 0 fully saturated rings. The number of benzene rings is 2. The van der Waals surface area contributed by atoms with Gasteiger partial charge in [-0.15, -0.1) is 0 Å². The summed E-state index contributed by atoms with van der Waals surface area (Å²) < 4.78 is 7.05. The molecule has 3 aromatic heterocycles. The van der Waals surface area contributed by atoms with Gasteiger partial charge in [0.25, 0.3) is 0 Å². The maximum Gasteiger partial charge on any atom is 0.407 e. The molecule has 39 heavy (non-hydrogen) atoms. The van der Waals surface area contributed by atoms with Crippen molar-refractivity contribution in [1.82, 2.24) is 29.8 Å². The summed E-state index contributed by atoms with van der Waals surface area (Å²) in [4.78, 5) is 23.4. The van der Waals surface area contributed by atoms with Gasteiger partial charge >= 0.3 is 6.09 Å². The summed E-state index contributed by atoms with van der Waals surface area (Å²) in [6.07, 6.45) is 7.91. The number of ether oxygens (including phenoxy) is 1. The predicted molar refractivity (Wildman–Crippen MR) is 152 cm³/mol. The Labute approximate surface area is 227 Å². The second kappa shape index (κ2) is 12.7. The van der Waals surface area contributed by atoms with Crippen LogP contribution in [0.25, 0.3) is 27.7 Å². The normalized spacial score (nSPS) is 10.9. The number of nitrogens with one attached hydrogen (secondary N) is 1. The first-order valence-electron chi connectivity index (χ1n) is 13.0. The highest BCUT2D eigenvalue weighted by atomic mass is 16.5. The van der Waals surface area contributed by atoms with Crippen molar-refractivity contribution in [2.75, 3.05) is 26.2 Å². The number of rotatable bonds is 9. The topological polar surface area (TPSA) is 84.7 Å². The van der Waals surface area contributed by atoms with Gasteiger partial charge in [0.15, 0.2) is 5.65 Å². The highest BCUT2D eigenvalue weighted by molar-refractivity contribution is 5.97. The molecule has 0 spiro atoms. The standard InChI is InChI=1S/C31H30N6O2/c1-2-17-36(19-16-33-31(38)39-23-24-9-4-3-5-10-24)18-8-11-25-20-34-30-28(21-35-37(30)22-25)26-14-15-32-29-13-7-6-12-27(26)29/h3-7,9-10,12-15,20-22H,2,16-19,23H2,1H3,(H,33,38). The number of fused-ring (bicyclic) bond motifs is 2. The number of hydrogen-bond donors (Lipinski definition) is 1. The molecule has 2 aromatic carbocycles. The molecule has 3 heterocycles. The number of amides is 1. The van der Waals surface area contributed by atoms with Gasteiger partial charge in [0.05, 0.1) is 23.8 Å². The van der Waals surface area contributed by atoms with Crippen LogP contribution in [0.15, 0.2) is 85.5 Å². The monoisotopic (exact) mass is 518 g/mol. The molecular formula is C31H30N6O2. The summed E-state index contributed by atoms with van der Waals surface area (Å²) in [7, 11) is 0. The minimum Gasteiger partial charge on any atom is -0.445 e. The van der Waals surface area contributed by atoms with Crippen molar-refractivity contribution in [3.63, 3.8) is 0 Å². The van der Waals surface area contributed by atoms with Crippen LogP contribution >= 0.6 is 0 Å².